The lowest BCUT2D eigenvalue weighted by Gasteiger charge is -2.32. The van der Waals surface area contributed by atoms with Crippen LogP contribution in [0.5, 0.6) is 0 Å². The van der Waals surface area contributed by atoms with Crippen LogP contribution in [0, 0.1) is 0 Å². The molecule has 1 amide bonds. The average Bonchev–Trinajstić information content (AvgIpc) is 2.97. The van der Waals surface area contributed by atoms with E-state index in [1.807, 2.05) is 24.3 Å². The monoisotopic (exact) mass is 316 g/mol. The van der Waals surface area contributed by atoms with Gasteiger partial charge in [-0.3, -0.25) is 9.59 Å². The highest BCUT2D eigenvalue weighted by atomic mass is 16.4. The van der Waals surface area contributed by atoms with Crippen LogP contribution in [0.3, 0.4) is 0 Å². The highest BCUT2D eigenvalue weighted by molar-refractivity contribution is 5.96. The number of carbonyl (C=O) groups is 2. The number of benzene rings is 1. The summed E-state index contributed by atoms with van der Waals surface area (Å²) in [6.45, 7) is 2.08. The van der Waals surface area contributed by atoms with E-state index in [0.29, 0.717) is 24.4 Å². The van der Waals surface area contributed by atoms with E-state index < -0.39 is 5.97 Å². The Hall–Kier alpha value is -2.34. The fourth-order valence-electron chi connectivity index (χ4n) is 2.98. The molecule has 6 nitrogen and oxygen atoms in total. The first kappa shape index (κ1) is 15.6. The average molecular weight is 316 g/mol. The fourth-order valence-corrected chi connectivity index (χ4v) is 2.98. The third kappa shape index (κ3) is 3.90. The number of hydrogen-bond acceptors (Lipinski definition) is 4. The summed E-state index contributed by atoms with van der Waals surface area (Å²) >= 11 is 0. The Morgan fingerprint density at radius 3 is 2.96 bits per heavy atom. The highest BCUT2D eigenvalue weighted by Crippen LogP contribution is 2.19. The summed E-state index contributed by atoms with van der Waals surface area (Å²) in [5.74, 6) is -0.696. The maximum atomic E-state index is 12.3. The highest BCUT2D eigenvalue weighted by Gasteiger charge is 2.23. The van der Waals surface area contributed by atoms with Crippen molar-refractivity contribution in [2.45, 2.75) is 25.3 Å². The molecule has 1 aromatic carbocycles. The van der Waals surface area contributed by atoms with Crippen molar-refractivity contribution in [3.05, 3.63) is 36.1 Å². The van der Waals surface area contributed by atoms with Crippen LogP contribution in [-0.2, 0) is 4.79 Å². The first-order valence-corrected chi connectivity index (χ1v) is 7.85. The lowest BCUT2D eigenvalue weighted by Crippen LogP contribution is -2.48. The van der Waals surface area contributed by atoms with Crippen molar-refractivity contribution < 1.29 is 19.1 Å². The van der Waals surface area contributed by atoms with E-state index in [2.05, 4.69) is 10.2 Å². The molecule has 1 saturated heterocycles. The van der Waals surface area contributed by atoms with Gasteiger partial charge in [-0.05, 0) is 31.5 Å². The van der Waals surface area contributed by atoms with Crippen molar-refractivity contribution in [1.29, 1.82) is 0 Å². The molecular formula is C17H20N2O4. The second-order valence-electron chi connectivity index (χ2n) is 5.91. The molecule has 1 fully saturated rings. The van der Waals surface area contributed by atoms with Crippen LogP contribution in [0.1, 0.15) is 29.8 Å². The minimum Gasteiger partial charge on any atom is -0.481 e. The molecule has 2 N–H and O–H groups in total. The molecule has 2 aromatic rings. The van der Waals surface area contributed by atoms with Crippen LogP contribution >= 0.6 is 0 Å². The van der Waals surface area contributed by atoms with E-state index >= 15 is 0 Å². The van der Waals surface area contributed by atoms with Gasteiger partial charge in [0.1, 0.15) is 5.58 Å². The Bertz CT molecular complexity index is 676. The summed E-state index contributed by atoms with van der Waals surface area (Å²) in [6.07, 6.45) is 1.98. The molecule has 1 unspecified atom stereocenters. The number of carboxylic acids is 1. The van der Waals surface area contributed by atoms with Crippen molar-refractivity contribution in [3.8, 4) is 0 Å². The summed E-state index contributed by atoms with van der Waals surface area (Å²) in [4.78, 5) is 25.1. The van der Waals surface area contributed by atoms with Gasteiger partial charge in [-0.2, -0.15) is 0 Å². The Morgan fingerprint density at radius 2 is 2.17 bits per heavy atom. The van der Waals surface area contributed by atoms with Gasteiger partial charge in [0, 0.05) is 24.5 Å². The topological polar surface area (TPSA) is 82.8 Å². The zero-order valence-corrected chi connectivity index (χ0v) is 12.8. The van der Waals surface area contributed by atoms with E-state index in [0.717, 1.165) is 24.8 Å². The maximum Gasteiger partial charge on any atom is 0.304 e. The molecule has 6 heteroatoms. The van der Waals surface area contributed by atoms with Crippen molar-refractivity contribution in [3.63, 3.8) is 0 Å². The largest absolute Gasteiger partial charge is 0.481 e. The van der Waals surface area contributed by atoms with E-state index in [-0.39, 0.29) is 18.4 Å². The first-order valence-electron chi connectivity index (χ1n) is 7.85. The van der Waals surface area contributed by atoms with Gasteiger partial charge >= 0.3 is 5.97 Å². The third-order valence-corrected chi connectivity index (χ3v) is 4.13. The molecule has 2 heterocycles. The molecule has 122 valence electrons. The van der Waals surface area contributed by atoms with Crippen molar-refractivity contribution in [2.75, 3.05) is 19.6 Å². The number of aliphatic carboxylic acids is 1. The number of para-hydroxylation sites is 1. The van der Waals surface area contributed by atoms with Crippen LogP contribution in [0.15, 0.2) is 34.7 Å². The molecule has 0 aliphatic carbocycles. The second-order valence-corrected chi connectivity index (χ2v) is 5.91. The molecule has 0 radical (unpaired) electrons. The number of nitrogens with zero attached hydrogens (tertiary/aromatic N) is 1. The van der Waals surface area contributed by atoms with Gasteiger partial charge in [-0.1, -0.05) is 18.2 Å². The van der Waals surface area contributed by atoms with Gasteiger partial charge in [0.15, 0.2) is 5.76 Å². The summed E-state index contributed by atoms with van der Waals surface area (Å²) in [5.41, 5.74) is 0.698. The molecule has 1 aromatic heterocycles. The first-order chi connectivity index (χ1) is 11.1. The minimum atomic E-state index is -0.793. The second kappa shape index (κ2) is 6.83. The molecule has 23 heavy (non-hydrogen) atoms. The summed E-state index contributed by atoms with van der Waals surface area (Å²) in [5, 5.41) is 12.7. The molecule has 0 bridgehead atoms. The number of piperidine rings is 1. The minimum absolute atomic E-state index is 0.0262. The summed E-state index contributed by atoms with van der Waals surface area (Å²) in [6, 6.07) is 9.29. The van der Waals surface area contributed by atoms with E-state index in [9.17, 15) is 9.59 Å². The molecular weight excluding hydrogens is 296 g/mol. The Balaban J connectivity index is 1.59. The Morgan fingerprint density at radius 1 is 1.35 bits per heavy atom. The summed E-state index contributed by atoms with van der Waals surface area (Å²) in [7, 11) is 0. The lowest BCUT2D eigenvalue weighted by molar-refractivity contribution is -0.137. The standard InChI is InChI=1S/C17H20N2O4/c20-16(21)7-9-19-8-3-5-13(11-19)18-17(22)15-10-12-4-1-2-6-14(12)23-15/h1-2,4,6,10,13H,3,5,7-9,11H2,(H,18,22)(H,20,21). The third-order valence-electron chi connectivity index (χ3n) is 4.13. The number of rotatable bonds is 5. The Kier molecular flexibility index (Phi) is 4.62. The summed E-state index contributed by atoms with van der Waals surface area (Å²) < 4.78 is 5.57. The smallest absolute Gasteiger partial charge is 0.304 e. The molecule has 0 spiro atoms. The molecule has 1 aliphatic rings. The normalized spacial score (nSPS) is 18.9. The predicted octanol–water partition coefficient (Wildman–Crippen LogP) is 2.10. The van der Waals surface area contributed by atoms with Gasteiger partial charge in [0.2, 0.25) is 0 Å². The zero-order chi connectivity index (χ0) is 16.2. The van der Waals surface area contributed by atoms with Gasteiger partial charge in [0.05, 0.1) is 6.42 Å². The Labute approximate surface area is 134 Å². The van der Waals surface area contributed by atoms with Crippen LogP contribution in [0.2, 0.25) is 0 Å². The number of fused-ring (bicyclic) bond motifs is 1. The number of hydrogen-bond donors (Lipinski definition) is 2. The number of carbonyl (C=O) groups excluding carboxylic acids is 1. The fraction of sp³-hybridized carbons (Fsp3) is 0.412. The van der Waals surface area contributed by atoms with Crippen molar-refractivity contribution in [1.82, 2.24) is 10.2 Å². The van der Waals surface area contributed by atoms with E-state index in [4.69, 9.17) is 9.52 Å². The number of likely N-dealkylation sites (tertiary alicyclic amines) is 1. The lowest BCUT2D eigenvalue weighted by atomic mass is 10.1. The van der Waals surface area contributed by atoms with Crippen molar-refractivity contribution in [2.24, 2.45) is 0 Å². The van der Waals surface area contributed by atoms with Crippen molar-refractivity contribution >= 4 is 22.8 Å². The molecule has 3 rings (SSSR count). The predicted molar refractivity (Wildman–Crippen MR) is 85.4 cm³/mol. The van der Waals surface area contributed by atoms with E-state index in [1.165, 1.54) is 0 Å². The van der Waals surface area contributed by atoms with Crippen LogP contribution < -0.4 is 5.32 Å². The maximum absolute atomic E-state index is 12.3. The van der Waals surface area contributed by atoms with E-state index in [1.54, 1.807) is 6.07 Å². The van der Waals surface area contributed by atoms with Gasteiger partial charge in [-0.25, -0.2) is 0 Å². The molecule has 1 atom stereocenters. The number of furan rings is 1. The van der Waals surface area contributed by atoms with Crippen LogP contribution in [0.4, 0.5) is 0 Å². The zero-order valence-electron chi connectivity index (χ0n) is 12.8. The number of amides is 1. The van der Waals surface area contributed by atoms with Gasteiger partial charge in [0.25, 0.3) is 5.91 Å². The van der Waals surface area contributed by atoms with Crippen LogP contribution in [-0.4, -0.2) is 47.6 Å². The van der Waals surface area contributed by atoms with Crippen LogP contribution in [0.25, 0.3) is 11.0 Å². The molecule has 1 aliphatic heterocycles. The SMILES string of the molecule is O=C(O)CCN1CCCC(NC(=O)c2cc3ccccc3o2)C1. The molecule has 0 saturated carbocycles. The number of carboxylic acid groups (broad SMARTS) is 1. The van der Waals surface area contributed by atoms with Gasteiger partial charge < -0.3 is 19.7 Å². The number of nitrogens with one attached hydrogen (secondary N) is 1. The van der Waals surface area contributed by atoms with Gasteiger partial charge in [-0.15, -0.1) is 0 Å². The quantitative estimate of drug-likeness (QED) is 0.882.